The number of benzene rings is 1. The SMILES string of the molecule is CN=C(NCC1CC1)NCC1(c2ccc(OC)cc2)CCOCC1.I. The van der Waals surface area contributed by atoms with Crippen molar-refractivity contribution < 1.29 is 9.47 Å². The molecule has 1 saturated heterocycles. The Kier molecular flexibility index (Phi) is 7.81. The minimum atomic E-state index is 0. The number of nitrogens with one attached hydrogen (secondary N) is 2. The molecule has 1 aromatic carbocycles. The Morgan fingerprint density at radius 2 is 1.88 bits per heavy atom. The fourth-order valence-electron chi connectivity index (χ4n) is 3.31. The molecule has 2 fully saturated rings. The van der Waals surface area contributed by atoms with Gasteiger partial charge in [-0.25, -0.2) is 0 Å². The van der Waals surface area contributed by atoms with Gasteiger partial charge in [0.05, 0.1) is 7.11 Å². The molecule has 5 nitrogen and oxygen atoms in total. The highest BCUT2D eigenvalue weighted by Gasteiger charge is 2.34. The van der Waals surface area contributed by atoms with Crippen molar-refractivity contribution in [3.8, 4) is 5.75 Å². The summed E-state index contributed by atoms with van der Waals surface area (Å²) in [5.74, 6) is 2.64. The van der Waals surface area contributed by atoms with Crippen LogP contribution in [0.4, 0.5) is 0 Å². The van der Waals surface area contributed by atoms with Crippen molar-refractivity contribution in [2.75, 3.05) is 40.5 Å². The Bertz CT molecular complexity index is 552. The number of halogens is 1. The van der Waals surface area contributed by atoms with Crippen molar-refractivity contribution in [2.45, 2.75) is 31.1 Å². The first-order valence-electron chi connectivity index (χ1n) is 8.92. The fourth-order valence-corrected chi connectivity index (χ4v) is 3.31. The van der Waals surface area contributed by atoms with E-state index in [1.807, 2.05) is 19.2 Å². The zero-order valence-corrected chi connectivity index (χ0v) is 17.5. The van der Waals surface area contributed by atoms with E-state index in [9.17, 15) is 0 Å². The van der Waals surface area contributed by atoms with Crippen LogP contribution in [0.2, 0.25) is 0 Å². The number of nitrogens with zero attached hydrogens (tertiary/aromatic N) is 1. The number of ether oxygens (including phenoxy) is 2. The van der Waals surface area contributed by atoms with Gasteiger partial charge in [0.15, 0.2) is 5.96 Å². The summed E-state index contributed by atoms with van der Waals surface area (Å²) < 4.78 is 10.9. The number of hydrogen-bond donors (Lipinski definition) is 2. The molecule has 0 amide bonds. The number of hydrogen-bond acceptors (Lipinski definition) is 3. The van der Waals surface area contributed by atoms with Gasteiger partial charge in [-0.05, 0) is 49.3 Å². The largest absolute Gasteiger partial charge is 0.497 e. The van der Waals surface area contributed by atoms with E-state index in [0.717, 1.165) is 56.8 Å². The Morgan fingerprint density at radius 1 is 1.20 bits per heavy atom. The number of guanidine groups is 1. The second-order valence-electron chi connectivity index (χ2n) is 6.87. The molecule has 0 unspecified atom stereocenters. The molecule has 6 heteroatoms. The summed E-state index contributed by atoms with van der Waals surface area (Å²) in [5, 5.41) is 6.99. The minimum absolute atomic E-state index is 0. The maximum atomic E-state index is 5.61. The molecule has 0 aromatic heterocycles. The van der Waals surface area contributed by atoms with Gasteiger partial charge in [-0.1, -0.05) is 12.1 Å². The average Bonchev–Trinajstić information content (AvgIpc) is 3.47. The summed E-state index contributed by atoms with van der Waals surface area (Å²) >= 11 is 0. The third-order valence-corrected chi connectivity index (χ3v) is 5.23. The number of aliphatic imine (C=N–C) groups is 1. The zero-order valence-electron chi connectivity index (χ0n) is 15.2. The van der Waals surface area contributed by atoms with Crippen LogP contribution in [0.3, 0.4) is 0 Å². The summed E-state index contributed by atoms with van der Waals surface area (Å²) in [6.07, 6.45) is 4.73. The second-order valence-corrected chi connectivity index (χ2v) is 6.87. The van der Waals surface area contributed by atoms with E-state index in [1.165, 1.54) is 18.4 Å². The molecule has 0 radical (unpaired) electrons. The van der Waals surface area contributed by atoms with Crippen molar-refractivity contribution in [3.63, 3.8) is 0 Å². The van der Waals surface area contributed by atoms with Crippen LogP contribution in [0, 0.1) is 5.92 Å². The monoisotopic (exact) mass is 459 g/mol. The molecule has 0 bridgehead atoms. The van der Waals surface area contributed by atoms with Crippen LogP contribution in [0.5, 0.6) is 5.75 Å². The predicted octanol–water partition coefficient (Wildman–Crippen LogP) is 2.94. The van der Waals surface area contributed by atoms with Crippen molar-refractivity contribution in [1.82, 2.24) is 10.6 Å². The van der Waals surface area contributed by atoms with E-state index in [1.54, 1.807) is 7.11 Å². The smallest absolute Gasteiger partial charge is 0.191 e. The van der Waals surface area contributed by atoms with E-state index in [2.05, 4.69) is 27.8 Å². The summed E-state index contributed by atoms with van der Waals surface area (Å²) in [5.41, 5.74) is 1.43. The van der Waals surface area contributed by atoms with Gasteiger partial charge in [-0.15, -0.1) is 24.0 Å². The molecule has 0 atom stereocenters. The topological polar surface area (TPSA) is 54.9 Å². The maximum Gasteiger partial charge on any atom is 0.191 e. The van der Waals surface area contributed by atoms with E-state index in [-0.39, 0.29) is 29.4 Å². The molecule has 2 aliphatic rings. The van der Waals surface area contributed by atoms with Gasteiger partial charge in [0.1, 0.15) is 5.75 Å². The molecule has 1 saturated carbocycles. The molecule has 25 heavy (non-hydrogen) atoms. The molecule has 0 spiro atoms. The standard InChI is InChI=1S/C19H29N3O2.HI/c1-20-18(21-13-15-3-4-15)22-14-19(9-11-24-12-10-19)16-5-7-17(23-2)8-6-16;/h5-8,15H,3-4,9-14H2,1-2H3,(H2,20,21,22);1H. The van der Waals surface area contributed by atoms with Crippen LogP contribution in [-0.2, 0) is 10.2 Å². The first-order chi connectivity index (χ1) is 11.8. The van der Waals surface area contributed by atoms with Gasteiger partial charge in [-0.3, -0.25) is 4.99 Å². The summed E-state index contributed by atoms with van der Waals surface area (Å²) in [4.78, 5) is 4.37. The molecular weight excluding hydrogens is 429 g/mol. The van der Waals surface area contributed by atoms with E-state index < -0.39 is 0 Å². The van der Waals surface area contributed by atoms with Crippen molar-refractivity contribution in [2.24, 2.45) is 10.9 Å². The first-order valence-corrected chi connectivity index (χ1v) is 8.92. The third kappa shape index (κ3) is 5.48. The maximum absolute atomic E-state index is 5.61. The lowest BCUT2D eigenvalue weighted by Crippen LogP contribution is -2.48. The van der Waals surface area contributed by atoms with Crippen LogP contribution in [0.15, 0.2) is 29.3 Å². The van der Waals surface area contributed by atoms with Gasteiger partial charge in [0, 0.05) is 38.8 Å². The third-order valence-electron chi connectivity index (χ3n) is 5.23. The highest BCUT2D eigenvalue weighted by molar-refractivity contribution is 14.0. The van der Waals surface area contributed by atoms with Gasteiger partial charge in [0.25, 0.3) is 0 Å². The van der Waals surface area contributed by atoms with Crippen LogP contribution in [0.1, 0.15) is 31.2 Å². The van der Waals surface area contributed by atoms with Gasteiger partial charge in [-0.2, -0.15) is 0 Å². The lowest BCUT2D eigenvalue weighted by atomic mass is 9.74. The molecule has 2 N–H and O–H groups in total. The van der Waals surface area contributed by atoms with E-state index >= 15 is 0 Å². The quantitative estimate of drug-likeness (QED) is 0.390. The molecular formula is C19H30IN3O2. The molecule has 1 aromatic rings. The predicted molar refractivity (Wildman–Crippen MR) is 112 cm³/mol. The van der Waals surface area contributed by atoms with Crippen LogP contribution >= 0.6 is 24.0 Å². The van der Waals surface area contributed by atoms with Crippen molar-refractivity contribution in [3.05, 3.63) is 29.8 Å². The molecule has 1 heterocycles. The van der Waals surface area contributed by atoms with Gasteiger partial charge >= 0.3 is 0 Å². The van der Waals surface area contributed by atoms with E-state index in [4.69, 9.17) is 9.47 Å². The molecule has 1 aliphatic carbocycles. The molecule has 3 rings (SSSR count). The normalized spacial score (nSPS) is 19.7. The lowest BCUT2D eigenvalue weighted by molar-refractivity contribution is 0.0513. The van der Waals surface area contributed by atoms with Crippen LogP contribution in [0.25, 0.3) is 0 Å². The van der Waals surface area contributed by atoms with Crippen molar-refractivity contribution >= 4 is 29.9 Å². The van der Waals surface area contributed by atoms with Crippen LogP contribution < -0.4 is 15.4 Å². The summed E-state index contributed by atoms with van der Waals surface area (Å²) in [6, 6.07) is 8.47. The summed E-state index contributed by atoms with van der Waals surface area (Å²) in [6.45, 7) is 3.51. The zero-order chi connectivity index (χ0) is 16.8. The van der Waals surface area contributed by atoms with Crippen molar-refractivity contribution in [1.29, 1.82) is 0 Å². The second kappa shape index (κ2) is 9.62. The highest BCUT2D eigenvalue weighted by atomic mass is 127. The van der Waals surface area contributed by atoms with Gasteiger partial charge < -0.3 is 20.1 Å². The summed E-state index contributed by atoms with van der Waals surface area (Å²) in [7, 11) is 3.54. The fraction of sp³-hybridized carbons (Fsp3) is 0.632. The Balaban J connectivity index is 0.00000225. The number of rotatable bonds is 6. The lowest BCUT2D eigenvalue weighted by Gasteiger charge is -2.38. The molecule has 140 valence electrons. The van der Waals surface area contributed by atoms with Crippen LogP contribution in [-0.4, -0.2) is 46.4 Å². The Morgan fingerprint density at radius 3 is 2.44 bits per heavy atom. The number of methoxy groups -OCH3 is 1. The highest BCUT2D eigenvalue weighted by Crippen LogP contribution is 2.35. The molecule has 1 aliphatic heterocycles. The average molecular weight is 459 g/mol. The first kappa shape index (κ1) is 20.3. The Hall–Kier alpha value is -1.02. The van der Waals surface area contributed by atoms with E-state index in [0.29, 0.717) is 0 Å². The minimum Gasteiger partial charge on any atom is -0.497 e. The Labute approximate surface area is 168 Å². The van der Waals surface area contributed by atoms with Gasteiger partial charge in [0.2, 0.25) is 0 Å².